The predicted octanol–water partition coefficient (Wildman–Crippen LogP) is 4.15. The Labute approximate surface area is 142 Å². The summed E-state index contributed by atoms with van der Waals surface area (Å²) in [6.07, 6.45) is 2.21. The van der Waals surface area contributed by atoms with Gasteiger partial charge in [-0.3, -0.25) is 0 Å². The smallest absolute Gasteiger partial charge is 0.170 e. The first-order chi connectivity index (χ1) is 9.94. The maximum atomic E-state index is 5.98. The number of nitrogens with one attached hydrogen (secondary N) is 2. The molecule has 0 aromatic heterocycles. The second kappa shape index (κ2) is 7.63. The van der Waals surface area contributed by atoms with E-state index in [0.717, 1.165) is 31.6 Å². The molecule has 2 rings (SSSR count). The third-order valence-electron chi connectivity index (χ3n) is 3.72. The molecule has 1 aromatic carbocycles. The number of nitrogens with zero attached hydrogens (tertiary/aromatic N) is 1. The van der Waals surface area contributed by atoms with E-state index in [-0.39, 0.29) is 0 Å². The van der Waals surface area contributed by atoms with E-state index in [0.29, 0.717) is 27.2 Å². The van der Waals surface area contributed by atoms with Gasteiger partial charge in [0, 0.05) is 40.9 Å². The third kappa shape index (κ3) is 5.29. The minimum atomic E-state index is 0.426. The molecule has 1 saturated heterocycles. The summed E-state index contributed by atoms with van der Waals surface area (Å²) in [5.74, 6) is 0. The van der Waals surface area contributed by atoms with Crippen LogP contribution in [0.1, 0.15) is 26.7 Å². The third-order valence-corrected chi connectivity index (χ3v) is 4.37. The van der Waals surface area contributed by atoms with Crippen LogP contribution in [0.2, 0.25) is 10.0 Å². The molecular formula is C15H21Cl2N3S. The molecule has 1 heterocycles. The Morgan fingerprint density at radius 2 is 1.76 bits per heavy atom. The van der Waals surface area contributed by atoms with Crippen molar-refractivity contribution in [3.05, 3.63) is 28.2 Å². The molecule has 1 aliphatic heterocycles. The summed E-state index contributed by atoms with van der Waals surface area (Å²) in [5, 5.41) is 8.33. The molecule has 2 N–H and O–H groups in total. The lowest BCUT2D eigenvalue weighted by Crippen LogP contribution is -2.47. The van der Waals surface area contributed by atoms with Gasteiger partial charge in [0.05, 0.1) is 0 Å². The van der Waals surface area contributed by atoms with E-state index in [1.807, 2.05) is 12.1 Å². The first kappa shape index (κ1) is 16.8. The van der Waals surface area contributed by atoms with Gasteiger partial charge in [0.15, 0.2) is 5.11 Å². The van der Waals surface area contributed by atoms with Gasteiger partial charge in [0.2, 0.25) is 0 Å². The number of hydrogen-bond donors (Lipinski definition) is 2. The molecule has 21 heavy (non-hydrogen) atoms. The number of halogens is 2. The number of thiocarbonyl (C=S) groups is 1. The minimum absolute atomic E-state index is 0.426. The number of rotatable bonds is 3. The van der Waals surface area contributed by atoms with Gasteiger partial charge in [-0.25, -0.2) is 0 Å². The molecule has 6 heteroatoms. The van der Waals surface area contributed by atoms with Crippen LogP contribution in [0.25, 0.3) is 0 Å². The summed E-state index contributed by atoms with van der Waals surface area (Å²) in [7, 11) is 0. The van der Waals surface area contributed by atoms with Gasteiger partial charge in [-0.05, 0) is 57.1 Å². The number of piperidine rings is 1. The lowest BCUT2D eigenvalue weighted by atomic mass is 10.0. The molecule has 1 fully saturated rings. The van der Waals surface area contributed by atoms with Crippen molar-refractivity contribution in [2.75, 3.05) is 18.4 Å². The van der Waals surface area contributed by atoms with E-state index in [2.05, 4.69) is 29.4 Å². The molecule has 0 spiro atoms. The SMILES string of the molecule is CC(C)N1CCC(NC(=S)Nc2cc(Cl)cc(Cl)c2)CC1. The summed E-state index contributed by atoms with van der Waals surface area (Å²) in [4.78, 5) is 2.49. The first-order valence-electron chi connectivity index (χ1n) is 7.21. The van der Waals surface area contributed by atoms with Gasteiger partial charge in [-0.15, -0.1) is 0 Å². The maximum Gasteiger partial charge on any atom is 0.170 e. The fourth-order valence-corrected chi connectivity index (χ4v) is 3.35. The largest absolute Gasteiger partial charge is 0.360 e. The highest BCUT2D eigenvalue weighted by atomic mass is 35.5. The topological polar surface area (TPSA) is 27.3 Å². The van der Waals surface area contributed by atoms with E-state index in [4.69, 9.17) is 35.4 Å². The summed E-state index contributed by atoms with van der Waals surface area (Å²) in [6, 6.07) is 6.36. The molecule has 1 aliphatic rings. The zero-order chi connectivity index (χ0) is 15.4. The Bertz CT molecular complexity index is 479. The number of anilines is 1. The fraction of sp³-hybridized carbons (Fsp3) is 0.533. The van der Waals surface area contributed by atoms with Crippen LogP contribution in [-0.4, -0.2) is 35.2 Å². The van der Waals surface area contributed by atoms with Crippen LogP contribution >= 0.6 is 35.4 Å². The molecule has 3 nitrogen and oxygen atoms in total. The predicted molar refractivity (Wildman–Crippen MR) is 95.5 cm³/mol. The highest BCUT2D eigenvalue weighted by molar-refractivity contribution is 7.80. The molecule has 0 amide bonds. The molecule has 0 bridgehead atoms. The second-order valence-electron chi connectivity index (χ2n) is 5.66. The van der Waals surface area contributed by atoms with E-state index in [9.17, 15) is 0 Å². The van der Waals surface area contributed by atoms with Gasteiger partial charge >= 0.3 is 0 Å². The Hall–Kier alpha value is -0.550. The van der Waals surface area contributed by atoms with Gasteiger partial charge in [0.1, 0.15) is 0 Å². The van der Waals surface area contributed by atoms with Crippen LogP contribution < -0.4 is 10.6 Å². The zero-order valence-electron chi connectivity index (χ0n) is 12.3. The van der Waals surface area contributed by atoms with E-state index >= 15 is 0 Å². The monoisotopic (exact) mass is 345 g/mol. The van der Waals surface area contributed by atoms with Gasteiger partial charge in [-0.1, -0.05) is 23.2 Å². The van der Waals surface area contributed by atoms with Crippen LogP contribution in [-0.2, 0) is 0 Å². The van der Waals surface area contributed by atoms with Gasteiger partial charge in [-0.2, -0.15) is 0 Å². The Balaban J connectivity index is 1.82. The molecule has 0 unspecified atom stereocenters. The molecule has 0 aliphatic carbocycles. The Morgan fingerprint density at radius 1 is 1.19 bits per heavy atom. The van der Waals surface area contributed by atoms with Crippen molar-refractivity contribution in [3.8, 4) is 0 Å². The van der Waals surface area contributed by atoms with Crippen molar-refractivity contribution < 1.29 is 0 Å². The van der Waals surface area contributed by atoms with Crippen LogP contribution in [0.4, 0.5) is 5.69 Å². The molecule has 0 saturated carbocycles. The van der Waals surface area contributed by atoms with E-state index in [1.54, 1.807) is 6.07 Å². The molecule has 0 atom stereocenters. The van der Waals surface area contributed by atoms with Crippen LogP contribution in [0.5, 0.6) is 0 Å². The Kier molecular flexibility index (Phi) is 6.11. The first-order valence-corrected chi connectivity index (χ1v) is 8.38. The highest BCUT2D eigenvalue weighted by Gasteiger charge is 2.21. The Morgan fingerprint density at radius 3 is 2.29 bits per heavy atom. The molecule has 1 aromatic rings. The molecule has 0 radical (unpaired) electrons. The normalized spacial score (nSPS) is 17.0. The van der Waals surface area contributed by atoms with Crippen LogP contribution in [0, 0.1) is 0 Å². The van der Waals surface area contributed by atoms with Crippen LogP contribution in [0.15, 0.2) is 18.2 Å². The average molecular weight is 346 g/mol. The molecular weight excluding hydrogens is 325 g/mol. The van der Waals surface area contributed by atoms with E-state index < -0.39 is 0 Å². The van der Waals surface area contributed by atoms with Gasteiger partial charge in [0.25, 0.3) is 0 Å². The van der Waals surface area contributed by atoms with Crippen molar-refractivity contribution in [3.63, 3.8) is 0 Å². The highest BCUT2D eigenvalue weighted by Crippen LogP contribution is 2.22. The summed E-state index contributed by atoms with van der Waals surface area (Å²) < 4.78 is 0. The number of hydrogen-bond acceptors (Lipinski definition) is 2. The number of likely N-dealkylation sites (tertiary alicyclic amines) is 1. The summed E-state index contributed by atoms with van der Waals surface area (Å²) in [5.41, 5.74) is 0.810. The molecule has 116 valence electrons. The fourth-order valence-electron chi connectivity index (χ4n) is 2.54. The van der Waals surface area contributed by atoms with Gasteiger partial charge < -0.3 is 15.5 Å². The standard InChI is InChI=1S/C15H21Cl2N3S/c1-10(2)20-5-3-13(4-6-20)18-15(21)19-14-8-11(16)7-12(17)9-14/h7-10,13H,3-6H2,1-2H3,(H2,18,19,21). The average Bonchev–Trinajstić information content (AvgIpc) is 2.37. The van der Waals surface area contributed by atoms with Crippen molar-refractivity contribution in [2.24, 2.45) is 0 Å². The van der Waals surface area contributed by atoms with E-state index in [1.165, 1.54) is 0 Å². The van der Waals surface area contributed by atoms with Crippen molar-refractivity contribution >= 4 is 46.2 Å². The number of benzene rings is 1. The van der Waals surface area contributed by atoms with Crippen LogP contribution in [0.3, 0.4) is 0 Å². The summed E-state index contributed by atoms with van der Waals surface area (Å²) >= 11 is 17.3. The minimum Gasteiger partial charge on any atom is -0.360 e. The summed E-state index contributed by atoms with van der Waals surface area (Å²) in [6.45, 7) is 6.70. The lowest BCUT2D eigenvalue weighted by Gasteiger charge is -2.35. The quantitative estimate of drug-likeness (QED) is 0.804. The second-order valence-corrected chi connectivity index (χ2v) is 6.94. The lowest BCUT2D eigenvalue weighted by molar-refractivity contribution is 0.168. The van der Waals surface area contributed by atoms with Crippen molar-refractivity contribution in [1.82, 2.24) is 10.2 Å². The van der Waals surface area contributed by atoms with Crippen molar-refractivity contribution in [1.29, 1.82) is 0 Å². The van der Waals surface area contributed by atoms with Crippen molar-refractivity contribution in [2.45, 2.75) is 38.8 Å². The zero-order valence-corrected chi connectivity index (χ0v) is 14.7. The maximum absolute atomic E-state index is 5.98.